The Kier molecular flexibility index (Phi) is 3.27. The van der Waals surface area contributed by atoms with Crippen LogP contribution in [0.25, 0.3) is 11.5 Å². The molecule has 2 N–H and O–H groups in total. The predicted octanol–water partition coefficient (Wildman–Crippen LogP) is 1.41. The van der Waals surface area contributed by atoms with Gasteiger partial charge in [0.25, 0.3) is 5.89 Å². The molecule has 1 fully saturated rings. The summed E-state index contributed by atoms with van der Waals surface area (Å²) in [5, 5.41) is 3.94. The van der Waals surface area contributed by atoms with Gasteiger partial charge in [0, 0.05) is 24.7 Å². The topological polar surface area (TPSA) is 68.2 Å². The Morgan fingerprint density at radius 3 is 2.84 bits per heavy atom. The van der Waals surface area contributed by atoms with E-state index < -0.39 is 0 Å². The van der Waals surface area contributed by atoms with Crippen molar-refractivity contribution >= 4 is 0 Å². The number of aromatic nitrogens is 2. The molecule has 0 saturated carbocycles. The van der Waals surface area contributed by atoms with Crippen molar-refractivity contribution in [1.82, 2.24) is 15.0 Å². The van der Waals surface area contributed by atoms with E-state index in [2.05, 4.69) is 15.0 Å². The molecule has 0 unspecified atom stereocenters. The fourth-order valence-electron chi connectivity index (χ4n) is 2.23. The number of nitrogens with zero attached hydrogens (tertiary/aromatic N) is 3. The Bertz CT molecular complexity index is 554. The van der Waals surface area contributed by atoms with Gasteiger partial charge >= 0.3 is 0 Å². The average Bonchev–Trinajstić information content (AvgIpc) is 3.00. The first-order valence-electron chi connectivity index (χ1n) is 6.27. The lowest BCUT2D eigenvalue weighted by Gasteiger charge is -2.11. The molecule has 0 aliphatic carbocycles. The molecule has 1 aliphatic heterocycles. The van der Waals surface area contributed by atoms with E-state index >= 15 is 0 Å². The fraction of sp³-hybridized carbons (Fsp3) is 0.385. The third kappa shape index (κ3) is 2.80. The molecule has 1 aromatic carbocycles. The Morgan fingerprint density at radius 1 is 1.37 bits per heavy atom. The van der Waals surface area contributed by atoms with Crippen LogP contribution in [0.4, 0.5) is 4.39 Å². The van der Waals surface area contributed by atoms with Crippen LogP contribution in [0.2, 0.25) is 0 Å². The van der Waals surface area contributed by atoms with E-state index in [9.17, 15) is 4.39 Å². The molecular formula is C13H15FN4O. The second-order valence-corrected chi connectivity index (χ2v) is 4.81. The van der Waals surface area contributed by atoms with E-state index in [1.54, 1.807) is 12.1 Å². The summed E-state index contributed by atoms with van der Waals surface area (Å²) in [6, 6.07) is 6.23. The smallest absolute Gasteiger partial charge is 0.257 e. The average molecular weight is 262 g/mol. The van der Waals surface area contributed by atoms with Gasteiger partial charge in [0.05, 0.1) is 6.54 Å². The summed E-state index contributed by atoms with van der Waals surface area (Å²) < 4.78 is 18.0. The zero-order valence-electron chi connectivity index (χ0n) is 10.4. The molecule has 5 nitrogen and oxygen atoms in total. The van der Waals surface area contributed by atoms with Crippen LogP contribution in [0.1, 0.15) is 12.2 Å². The Balaban J connectivity index is 1.71. The molecule has 19 heavy (non-hydrogen) atoms. The second-order valence-electron chi connectivity index (χ2n) is 4.81. The molecule has 1 aliphatic rings. The van der Waals surface area contributed by atoms with Gasteiger partial charge in [-0.15, -0.1) is 0 Å². The van der Waals surface area contributed by atoms with E-state index in [-0.39, 0.29) is 11.9 Å². The lowest BCUT2D eigenvalue weighted by atomic mass is 10.2. The highest BCUT2D eigenvalue weighted by Gasteiger charge is 2.21. The van der Waals surface area contributed by atoms with Gasteiger partial charge in [-0.05, 0) is 30.7 Å². The number of halogens is 1. The summed E-state index contributed by atoms with van der Waals surface area (Å²) in [4.78, 5) is 6.51. The van der Waals surface area contributed by atoms with Crippen molar-refractivity contribution in [1.29, 1.82) is 0 Å². The van der Waals surface area contributed by atoms with Crippen molar-refractivity contribution in [2.75, 3.05) is 13.1 Å². The number of hydrogen-bond acceptors (Lipinski definition) is 5. The number of benzene rings is 1. The van der Waals surface area contributed by atoms with Crippen molar-refractivity contribution in [3.05, 3.63) is 35.9 Å². The Labute approximate surface area is 110 Å². The van der Waals surface area contributed by atoms with E-state index in [1.165, 1.54) is 12.1 Å². The minimum absolute atomic E-state index is 0.239. The standard InChI is InChI=1S/C13H15FN4O/c14-10-3-1-9(2-4-10)13-16-12(17-19-13)8-18-6-5-11(15)7-18/h1-4,11H,5-8,15H2/t11-/m0/s1. The van der Waals surface area contributed by atoms with Gasteiger partial charge < -0.3 is 10.3 Å². The molecule has 3 rings (SSSR count). The molecule has 0 bridgehead atoms. The maximum absolute atomic E-state index is 12.8. The Morgan fingerprint density at radius 2 is 2.16 bits per heavy atom. The number of nitrogens with two attached hydrogens (primary N) is 1. The molecule has 100 valence electrons. The van der Waals surface area contributed by atoms with Crippen molar-refractivity contribution in [3.8, 4) is 11.5 Å². The van der Waals surface area contributed by atoms with Crippen LogP contribution in [0.5, 0.6) is 0 Å². The zero-order valence-corrected chi connectivity index (χ0v) is 10.4. The first-order valence-corrected chi connectivity index (χ1v) is 6.27. The van der Waals surface area contributed by atoms with Crippen LogP contribution >= 0.6 is 0 Å². The largest absolute Gasteiger partial charge is 0.334 e. The first-order chi connectivity index (χ1) is 9.20. The van der Waals surface area contributed by atoms with Crippen molar-refractivity contribution in [2.45, 2.75) is 19.0 Å². The van der Waals surface area contributed by atoms with Crippen molar-refractivity contribution in [2.24, 2.45) is 5.73 Å². The van der Waals surface area contributed by atoms with Crippen LogP contribution in [0.15, 0.2) is 28.8 Å². The van der Waals surface area contributed by atoms with Gasteiger partial charge in [0.2, 0.25) is 0 Å². The normalized spacial score (nSPS) is 20.0. The molecule has 2 aromatic rings. The van der Waals surface area contributed by atoms with Gasteiger partial charge in [-0.25, -0.2) is 4.39 Å². The van der Waals surface area contributed by atoms with E-state index in [1.807, 2.05) is 0 Å². The summed E-state index contributed by atoms with van der Waals surface area (Å²) in [6.45, 7) is 2.46. The molecule has 0 amide bonds. The molecule has 1 aromatic heterocycles. The van der Waals surface area contributed by atoms with Gasteiger partial charge in [-0.2, -0.15) is 4.98 Å². The van der Waals surface area contributed by atoms with E-state index in [4.69, 9.17) is 10.3 Å². The maximum Gasteiger partial charge on any atom is 0.257 e. The van der Waals surface area contributed by atoms with Gasteiger partial charge in [0.1, 0.15) is 5.82 Å². The fourth-order valence-corrected chi connectivity index (χ4v) is 2.23. The minimum atomic E-state index is -0.283. The highest BCUT2D eigenvalue weighted by molar-refractivity contribution is 5.52. The molecule has 2 heterocycles. The minimum Gasteiger partial charge on any atom is -0.334 e. The monoisotopic (exact) mass is 262 g/mol. The maximum atomic E-state index is 12.8. The van der Waals surface area contributed by atoms with Gasteiger partial charge in [-0.1, -0.05) is 5.16 Å². The number of likely N-dealkylation sites (tertiary alicyclic amines) is 1. The van der Waals surface area contributed by atoms with Crippen molar-refractivity contribution < 1.29 is 8.91 Å². The molecular weight excluding hydrogens is 247 g/mol. The summed E-state index contributed by atoms with van der Waals surface area (Å²) in [7, 11) is 0. The van der Waals surface area contributed by atoms with E-state index in [0.717, 1.165) is 25.1 Å². The lowest BCUT2D eigenvalue weighted by molar-refractivity contribution is 0.309. The SMILES string of the molecule is N[C@H]1CCN(Cc2noc(-c3ccc(F)cc3)n2)C1. The van der Waals surface area contributed by atoms with Crippen LogP contribution in [0, 0.1) is 5.82 Å². The zero-order chi connectivity index (χ0) is 13.2. The second kappa shape index (κ2) is 5.07. The lowest BCUT2D eigenvalue weighted by Crippen LogP contribution is -2.26. The van der Waals surface area contributed by atoms with E-state index in [0.29, 0.717) is 18.3 Å². The molecule has 0 spiro atoms. The van der Waals surface area contributed by atoms with Gasteiger partial charge in [-0.3, -0.25) is 4.90 Å². The first kappa shape index (κ1) is 12.3. The van der Waals surface area contributed by atoms with Crippen molar-refractivity contribution in [3.63, 3.8) is 0 Å². The van der Waals surface area contributed by atoms with Crippen LogP contribution in [0.3, 0.4) is 0 Å². The third-order valence-electron chi connectivity index (χ3n) is 3.23. The number of hydrogen-bond donors (Lipinski definition) is 1. The third-order valence-corrected chi connectivity index (χ3v) is 3.23. The Hall–Kier alpha value is -1.79. The predicted molar refractivity (Wildman–Crippen MR) is 67.6 cm³/mol. The molecule has 1 atom stereocenters. The highest BCUT2D eigenvalue weighted by Crippen LogP contribution is 2.18. The molecule has 6 heteroatoms. The highest BCUT2D eigenvalue weighted by atomic mass is 19.1. The number of rotatable bonds is 3. The van der Waals surface area contributed by atoms with Crippen LogP contribution < -0.4 is 5.73 Å². The quantitative estimate of drug-likeness (QED) is 0.905. The summed E-state index contributed by atoms with van der Waals surface area (Å²) in [6.07, 6.45) is 1.00. The van der Waals surface area contributed by atoms with Crippen LogP contribution in [-0.4, -0.2) is 34.2 Å². The molecule has 1 saturated heterocycles. The van der Waals surface area contributed by atoms with Gasteiger partial charge in [0.15, 0.2) is 5.82 Å². The molecule has 0 radical (unpaired) electrons. The summed E-state index contributed by atoms with van der Waals surface area (Å²) >= 11 is 0. The summed E-state index contributed by atoms with van der Waals surface area (Å²) in [5.41, 5.74) is 6.57. The summed E-state index contributed by atoms with van der Waals surface area (Å²) in [5.74, 6) is 0.765. The van der Waals surface area contributed by atoms with Crippen LogP contribution in [-0.2, 0) is 6.54 Å².